The third-order valence-corrected chi connectivity index (χ3v) is 3.32. The van der Waals surface area contributed by atoms with Crippen LogP contribution in [0.2, 0.25) is 0 Å². The molecule has 4 nitrogen and oxygen atoms in total. The minimum absolute atomic E-state index is 0.373. The molecule has 2 rings (SSSR count). The van der Waals surface area contributed by atoms with Crippen LogP contribution in [0.1, 0.15) is 25.3 Å². The third kappa shape index (κ3) is 3.48. The standard InChI is InChI=1S/C15H18BrN3O/c1-10(2)12-9-11(16)5-6-13(12)20-14-7-8-17-15(18-14)19(3)4/h5-10H,1-4H3. The van der Waals surface area contributed by atoms with Crippen LogP contribution in [0.4, 0.5) is 5.95 Å². The lowest BCUT2D eigenvalue weighted by atomic mass is 10.0. The number of rotatable bonds is 4. The van der Waals surface area contributed by atoms with Gasteiger partial charge in [0.2, 0.25) is 11.8 Å². The van der Waals surface area contributed by atoms with Gasteiger partial charge in [0.25, 0.3) is 0 Å². The van der Waals surface area contributed by atoms with Crippen LogP contribution in [0, 0.1) is 0 Å². The molecule has 2 aromatic rings. The Morgan fingerprint density at radius 1 is 1.20 bits per heavy atom. The zero-order valence-corrected chi connectivity index (χ0v) is 13.7. The van der Waals surface area contributed by atoms with Gasteiger partial charge in [-0.3, -0.25) is 0 Å². The molecule has 0 unspecified atom stereocenters. The number of ether oxygens (including phenoxy) is 1. The minimum atomic E-state index is 0.373. The first kappa shape index (κ1) is 14.8. The molecule has 0 N–H and O–H groups in total. The van der Waals surface area contributed by atoms with Crippen molar-refractivity contribution in [3.05, 3.63) is 40.5 Å². The fourth-order valence-corrected chi connectivity index (χ4v) is 2.16. The van der Waals surface area contributed by atoms with Crippen LogP contribution in [0.3, 0.4) is 0 Å². The highest BCUT2D eigenvalue weighted by Crippen LogP contribution is 2.32. The van der Waals surface area contributed by atoms with E-state index in [2.05, 4.69) is 45.8 Å². The summed E-state index contributed by atoms with van der Waals surface area (Å²) in [4.78, 5) is 10.4. The van der Waals surface area contributed by atoms with Crippen molar-refractivity contribution < 1.29 is 4.74 Å². The topological polar surface area (TPSA) is 38.2 Å². The van der Waals surface area contributed by atoms with Crippen molar-refractivity contribution in [2.45, 2.75) is 19.8 Å². The molecule has 0 atom stereocenters. The van der Waals surface area contributed by atoms with Gasteiger partial charge in [0.05, 0.1) is 0 Å². The normalized spacial score (nSPS) is 10.7. The van der Waals surface area contributed by atoms with E-state index in [0.717, 1.165) is 15.8 Å². The molecule has 0 aliphatic carbocycles. The summed E-state index contributed by atoms with van der Waals surface area (Å²) in [6, 6.07) is 7.76. The van der Waals surface area contributed by atoms with Gasteiger partial charge < -0.3 is 9.64 Å². The molecule has 106 valence electrons. The van der Waals surface area contributed by atoms with Crippen molar-refractivity contribution in [2.75, 3.05) is 19.0 Å². The lowest BCUT2D eigenvalue weighted by Gasteiger charge is -2.15. The van der Waals surface area contributed by atoms with Gasteiger partial charge in [0, 0.05) is 30.8 Å². The number of anilines is 1. The van der Waals surface area contributed by atoms with E-state index in [9.17, 15) is 0 Å². The Morgan fingerprint density at radius 2 is 1.95 bits per heavy atom. The number of hydrogen-bond acceptors (Lipinski definition) is 4. The maximum atomic E-state index is 5.92. The van der Waals surface area contributed by atoms with Gasteiger partial charge in [-0.25, -0.2) is 4.98 Å². The number of hydrogen-bond donors (Lipinski definition) is 0. The fraction of sp³-hybridized carbons (Fsp3) is 0.333. The van der Waals surface area contributed by atoms with Crippen LogP contribution in [0.5, 0.6) is 11.6 Å². The number of benzene rings is 1. The van der Waals surface area contributed by atoms with E-state index in [-0.39, 0.29) is 0 Å². The Morgan fingerprint density at radius 3 is 2.60 bits per heavy atom. The molecular weight excluding hydrogens is 318 g/mol. The predicted octanol–water partition coefficient (Wildman–Crippen LogP) is 4.22. The van der Waals surface area contributed by atoms with Gasteiger partial charge in [-0.05, 0) is 29.7 Å². The summed E-state index contributed by atoms with van der Waals surface area (Å²) < 4.78 is 6.96. The van der Waals surface area contributed by atoms with Crippen molar-refractivity contribution in [1.29, 1.82) is 0 Å². The van der Waals surface area contributed by atoms with Gasteiger partial charge >= 0.3 is 0 Å². The van der Waals surface area contributed by atoms with Crippen LogP contribution >= 0.6 is 15.9 Å². The zero-order chi connectivity index (χ0) is 14.7. The summed E-state index contributed by atoms with van der Waals surface area (Å²) in [6.45, 7) is 4.28. The van der Waals surface area contributed by atoms with Crippen molar-refractivity contribution >= 4 is 21.9 Å². The van der Waals surface area contributed by atoms with E-state index in [1.807, 2.05) is 31.1 Å². The largest absolute Gasteiger partial charge is 0.439 e. The SMILES string of the molecule is CC(C)c1cc(Br)ccc1Oc1ccnc(N(C)C)n1. The Kier molecular flexibility index (Phi) is 4.60. The van der Waals surface area contributed by atoms with E-state index >= 15 is 0 Å². The maximum Gasteiger partial charge on any atom is 0.228 e. The molecule has 0 spiro atoms. The summed E-state index contributed by atoms with van der Waals surface area (Å²) in [6.07, 6.45) is 1.70. The van der Waals surface area contributed by atoms with Crippen molar-refractivity contribution in [2.24, 2.45) is 0 Å². The van der Waals surface area contributed by atoms with E-state index in [0.29, 0.717) is 17.7 Å². The molecule has 0 bridgehead atoms. The summed E-state index contributed by atoms with van der Waals surface area (Å²) >= 11 is 3.49. The molecule has 0 amide bonds. The first-order chi connectivity index (χ1) is 9.47. The van der Waals surface area contributed by atoms with Crippen LogP contribution in [-0.4, -0.2) is 24.1 Å². The zero-order valence-electron chi connectivity index (χ0n) is 12.1. The van der Waals surface area contributed by atoms with E-state index < -0.39 is 0 Å². The van der Waals surface area contributed by atoms with Crippen molar-refractivity contribution in [1.82, 2.24) is 9.97 Å². The minimum Gasteiger partial charge on any atom is -0.439 e. The predicted molar refractivity (Wildman–Crippen MR) is 84.7 cm³/mol. The molecule has 1 aromatic carbocycles. The summed E-state index contributed by atoms with van der Waals surface area (Å²) in [7, 11) is 3.80. The van der Waals surface area contributed by atoms with E-state index in [4.69, 9.17) is 4.74 Å². The van der Waals surface area contributed by atoms with Crippen LogP contribution in [0.15, 0.2) is 34.9 Å². The first-order valence-corrected chi connectivity index (χ1v) is 7.24. The van der Waals surface area contributed by atoms with Crippen LogP contribution < -0.4 is 9.64 Å². The molecule has 0 fully saturated rings. The Balaban J connectivity index is 2.32. The van der Waals surface area contributed by atoms with Gasteiger partial charge in [-0.15, -0.1) is 0 Å². The maximum absolute atomic E-state index is 5.92. The molecule has 0 saturated carbocycles. The number of halogens is 1. The lowest BCUT2D eigenvalue weighted by Crippen LogP contribution is -2.12. The van der Waals surface area contributed by atoms with Crippen LogP contribution in [0.25, 0.3) is 0 Å². The average Bonchev–Trinajstić information content (AvgIpc) is 2.41. The fourth-order valence-electron chi connectivity index (χ4n) is 1.78. The number of nitrogens with zero attached hydrogens (tertiary/aromatic N) is 3. The molecule has 20 heavy (non-hydrogen) atoms. The van der Waals surface area contributed by atoms with E-state index in [1.165, 1.54) is 0 Å². The second-order valence-electron chi connectivity index (χ2n) is 5.03. The van der Waals surface area contributed by atoms with Crippen molar-refractivity contribution in [3.63, 3.8) is 0 Å². The summed E-state index contributed by atoms with van der Waals surface area (Å²) in [5.41, 5.74) is 1.14. The second-order valence-corrected chi connectivity index (χ2v) is 5.94. The lowest BCUT2D eigenvalue weighted by molar-refractivity contribution is 0.453. The van der Waals surface area contributed by atoms with Gasteiger partial charge in [0.1, 0.15) is 5.75 Å². The molecule has 0 aliphatic heterocycles. The van der Waals surface area contributed by atoms with E-state index in [1.54, 1.807) is 12.3 Å². The van der Waals surface area contributed by atoms with Crippen molar-refractivity contribution in [3.8, 4) is 11.6 Å². The summed E-state index contributed by atoms with van der Waals surface area (Å²) in [5, 5.41) is 0. The molecule has 5 heteroatoms. The molecule has 1 heterocycles. The molecule has 0 aliphatic rings. The quantitative estimate of drug-likeness (QED) is 0.838. The Hall–Kier alpha value is -1.62. The molecular formula is C15H18BrN3O. The average molecular weight is 336 g/mol. The van der Waals surface area contributed by atoms with Gasteiger partial charge in [0.15, 0.2) is 0 Å². The first-order valence-electron chi connectivity index (χ1n) is 6.45. The Bertz CT molecular complexity index is 599. The highest BCUT2D eigenvalue weighted by Gasteiger charge is 2.11. The smallest absolute Gasteiger partial charge is 0.228 e. The highest BCUT2D eigenvalue weighted by molar-refractivity contribution is 9.10. The van der Waals surface area contributed by atoms with Gasteiger partial charge in [-0.2, -0.15) is 4.98 Å². The molecule has 0 saturated heterocycles. The summed E-state index contributed by atoms with van der Waals surface area (Å²) in [5.74, 6) is 2.38. The second kappa shape index (κ2) is 6.22. The molecule has 1 aromatic heterocycles. The molecule has 0 radical (unpaired) electrons. The number of aromatic nitrogens is 2. The third-order valence-electron chi connectivity index (χ3n) is 2.83. The monoisotopic (exact) mass is 335 g/mol. The van der Waals surface area contributed by atoms with Gasteiger partial charge in [-0.1, -0.05) is 29.8 Å². The Labute approximate surface area is 127 Å². The van der Waals surface area contributed by atoms with Crippen LogP contribution in [-0.2, 0) is 0 Å². The highest BCUT2D eigenvalue weighted by atomic mass is 79.9.